The Morgan fingerprint density at radius 2 is 2.21 bits per heavy atom. The maximum Gasteiger partial charge on any atom is 0.224 e. The van der Waals surface area contributed by atoms with E-state index in [2.05, 4.69) is 0 Å². The number of para-hydroxylation sites is 1. The van der Waals surface area contributed by atoms with Gasteiger partial charge in [-0.3, -0.25) is 4.79 Å². The van der Waals surface area contributed by atoms with Crippen molar-refractivity contribution in [1.29, 1.82) is 0 Å². The number of piperidine rings is 1. The molecule has 1 fully saturated rings. The van der Waals surface area contributed by atoms with Gasteiger partial charge >= 0.3 is 0 Å². The molecule has 102 valence electrons. The van der Waals surface area contributed by atoms with E-state index >= 15 is 0 Å². The normalized spacial score (nSPS) is 29.1. The molecule has 4 heteroatoms. The molecule has 1 N–H and O–H groups in total. The Labute approximate surface area is 113 Å². The Kier molecular flexibility index (Phi) is 2.78. The number of nitrogens with zero attached hydrogens (tertiary/aromatic N) is 2. The summed E-state index contributed by atoms with van der Waals surface area (Å²) in [5.74, 6) is 0.114. The molecule has 2 aliphatic rings. The van der Waals surface area contributed by atoms with Crippen LogP contribution in [0.2, 0.25) is 0 Å². The highest BCUT2D eigenvalue weighted by Gasteiger charge is 2.53. The first kappa shape index (κ1) is 12.5. The first-order valence-corrected chi connectivity index (χ1v) is 6.94. The number of carbonyl (C=O) groups excluding carboxylic acids is 1. The van der Waals surface area contributed by atoms with Crippen LogP contribution in [0.15, 0.2) is 24.3 Å². The maximum atomic E-state index is 12.1. The van der Waals surface area contributed by atoms with Crippen molar-refractivity contribution in [1.82, 2.24) is 4.90 Å². The van der Waals surface area contributed by atoms with Crippen molar-refractivity contribution in [2.24, 2.45) is 0 Å². The standard InChI is InChI=1S/C15H20N2O2/c1-3-13(18)17-10-6-9-15(19)11-7-4-5-8-12(11)16(2)14(15)17/h4-5,7-8,14,19H,3,6,9-10H2,1-2H3. The van der Waals surface area contributed by atoms with E-state index in [9.17, 15) is 9.90 Å². The molecule has 0 radical (unpaired) electrons. The minimum atomic E-state index is -0.922. The average molecular weight is 260 g/mol. The van der Waals surface area contributed by atoms with E-state index < -0.39 is 5.60 Å². The Morgan fingerprint density at radius 3 is 2.95 bits per heavy atom. The molecule has 4 nitrogen and oxygen atoms in total. The van der Waals surface area contributed by atoms with Gasteiger partial charge in [0, 0.05) is 31.3 Å². The second-order valence-corrected chi connectivity index (χ2v) is 5.47. The number of likely N-dealkylation sites (tertiary alicyclic amines) is 1. The summed E-state index contributed by atoms with van der Waals surface area (Å²) in [6.45, 7) is 2.61. The van der Waals surface area contributed by atoms with Gasteiger partial charge < -0.3 is 14.9 Å². The van der Waals surface area contributed by atoms with Crippen molar-refractivity contribution in [3.8, 4) is 0 Å². The monoisotopic (exact) mass is 260 g/mol. The second-order valence-electron chi connectivity index (χ2n) is 5.47. The van der Waals surface area contributed by atoms with Gasteiger partial charge in [0.1, 0.15) is 11.8 Å². The highest BCUT2D eigenvalue weighted by Crippen LogP contribution is 2.48. The number of aliphatic hydroxyl groups is 1. The Morgan fingerprint density at radius 1 is 1.47 bits per heavy atom. The van der Waals surface area contributed by atoms with Crippen molar-refractivity contribution in [2.75, 3.05) is 18.5 Å². The lowest BCUT2D eigenvalue weighted by Gasteiger charge is -2.45. The minimum absolute atomic E-state index is 0.114. The molecule has 0 aliphatic carbocycles. The van der Waals surface area contributed by atoms with Crippen LogP contribution in [0.1, 0.15) is 31.7 Å². The number of fused-ring (bicyclic) bond motifs is 3. The Bertz CT molecular complexity index is 517. The SMILES string of the molecule is CCC(=O)N1CCCC2(O)c3ccccc3N(C)C12. The smallest absolute Gasteiger partial charge is 0.224 e. The molecular weight excluding hydrogens is 240 g/mol. The number of carbonyl (C=O) groups is 1. The molecule has 2 unspecified atom stereocenters. The van der Waals surface area contributed by atoms with Gasteiger partial charge in [0.25, 0.3) is 0 Å². The lowest BCUT2D eigenvalue weighted by molar-refractivity contribution is -0.146. The Balaban J connectivity index is 2.08. The van der Waals surface area contributed by atoms with E-state index in [-0.39, 0.29) is 12.1 Å². The van der Waals surface area contributed by atoms with E-state index in [1.165, 1.54) is 0 Å². The molecule has 2 aliphatic heterocycles. The third-order valence-corrected chi connectivity index (χ3v) is 4.42. The zero-order chi connectivity index (χ0) is 13.6. The lowest BCUT2D eigenvalue weighted by atomic mass is 9.85. The molecule has 0 bridgehead atoms. The summed E-state index contributed by atoms with van der Waals surface area (Å²) in [7, 11) is 1.96. The van der Waals surface area contributed by atoms with Crippen molar-refractivity contribution < 1.29 is 9.90 Å². The van der Waals surface area contributed by atoms with Gasteiger partial charge in [-0.2, -0.15) is 0 Å². The molecule has 2 heterocycles. The molecule has 0 saturated carbocycles. The first-order chi connectivity index (χ1) is 9.09. The van der Waals surface area contributed by atoms with Gasteiger partial charge in [0.05, 0.1) is 0 Å². The van der Waals surface area contributed by atoms with Crippen LogP contribution < -0.4 is 4.90 Å². The third kappa shape index (κ3) is 1.59. The summed E-state index contributed by atoms with van der Waals surface area (Å²) in [6.07, 6.45) is 1.79. The molecular formula is C15H20N2O2. The molecule has 3 rings (SSSR count). The zero-order valence-electron chi connectivity index (χ0n) is 11.5. The highest BCUT2D eigenvalue weighted by atomic mass is 16.3. The summed E-state index contributed by atoms with van der Waals surface area (Å²) < 4.78 is 0. The number of likely N-dealkylation sites (N-methyl/N-ethyl adjacent to an activating group) is 1. The molecule has 0 aromatic heterocycles. The van der Waals surface area contributed by atoms with Gasteiger partial charge in [-0.15, -0.1) is 0 Å². The van der Waals surface area contributed by atoms with Crippen LogP contribution in [-0.4, -0.2) is 35.7 Å². The summed E-state index contributed by atoms with van der Waals surface area (Å²) in [5, 5.41) is 11.1. The fourth-order valence-electron chi connectivity index (χ4n) is 3.57. The molecule has 1 amide bonds. The van der Waals surface area contributed by atoms with Crippen LogP contribution >= 0.6 is 0 Å². The fourth-order valence-corrected chi connectivity index (χ4v) is 3.57. The van der Waals surface area contributed by atoms with E-state index in [1.54, 1.807) is 0 Å². The average Bonchev–Trinajstić information content (AvgIpc) is 2.67. The van der Waals surface area contributed by atoms with E-state index in [0.717, 1.165) is 24.2 Å². The van der Waals surface area contributed by atoms with E-state index in [0.29, 0.717) is 12.8 Å². The zero-order valence-corrected chi connectivity index (χ0v) is 11.5. The number of benzene rings is 1. The topological polar surface area (TPSA) is 43.8 Å². The van der Waals surface area contributed by atoms with Gasteiger partial charge in [0.15, 0.2) is 0 Å². The highest BCUT2D eigenvalue weighted by molar-refractivity contribution is 5.78. The van der Waals surface area contributed by atoms with Crippen LogP contribution in [0.5, 0.6) is 0 Å². The Hall–Kier alpha value is -1.55. The quantitative estimate of drug-likeness (QED) is 0.835. The summed E-state index contributed by atoms with van der Waals surface area (Å²) >= 11 is 0. The minimum Gasteiger partial charge on any atom is -0.381 e. The molecule has 1 saturated heterocycles. The number of rotatable bonds is 1. The first-order valence-electron chi connectivity index (χ1n) is 6.94. The van der Waals surface area contributed by atoms with Crippen molar-refractivity contribution >= 4 is 11.6 Å². The van der Waals surface area contributed by atoms with Crippen LogP contribution in [0.25, 0.3) is 0 Å². The number of hydrogen-bond acceptors (Lipinski definition) is 3. The van der Waals surface area contributed by atoms with Crippen molar-refractivity contribution in [3.63, 3.8) is 0 Å². The largest absolute Gasteiger partial charge is 0.381 e. The second kappa shape index (κ2) is 4.23. The van der Waals surface area contributed by atoms with E-state index in [1.807, 2.05) is 48.0 Å². The van der Waals surface area contributed by atoms with Gasteiger partial charge in [0.2, 0.25) is 5.91 Å². The lowest BCUT2D eigenvalue weighted by Crippen LogP contribution is -2.60. The van der Waals surface area contributed by atoms with Crippen molar-refractivity contribution in [3.05, 3.63) is 29.8 Å². The number of hydrogen-bond donors (Lipinski definition) is 1. The van der Waals surface area contributed by atoms with Crippen LogP contribution in [-0.2, 0) is 10.4 Å². The number of anilines is 1. The van der Waals surface area contributed by atoms with Crippen LogP contribution in [0.3, 0.4) is 0 Å². The van der Waals surface area contributed by atoms with Gasteiger partial charge in [-0.1, -0.05) is 25.1 Å². The third-order valence-electron chi connectivity index (χ3n) is 4.42. The summed E-state index contributed by atoms with van der Waals surface area (Å²) in [5.41, 5.74) is 1.07. The number of amides is 1. The molecule has 0 spiro atoms. The van der Waals surface area contributed by atoms with Gasteiger partial charge in [-0.25, -0.2) is 0 Å². The van der Waals surface area contributed by atoms with Crippen LogP contribution in [0.4, 0.5) is 5.69 Å². The predicted octanol–water partition coefficient (Wildman–Crippen LogP) is 1.68. The fraction of sp³-hybridized carbons (Fsp3) is 0.533. The summed E-state index contributed by atoms with van der Waals surface area (Å²) in [4.78, 5) is 16.0. The summed E-state index contributed by atoms with van der Waals surface area (Å²) in [6, 6.07) is 7.92. The molecule has 1 aromatic rings. The molecule has 19 heavy (non-hydrogen) atoms. The van der Waals surface area contributed by atoms with Gasteiger partial charge in [-0.05, 0) is 18.9 Å². The van der Waals surface area contributed by atoms with E-state index in [4.69, 9.17) is 0 Å². The molecule has 2 atom stereocenters. The van der Waals surface area contributed by atoms with Crippen molar-refractivity contribution in [2.45, 2.75) is 38.0 Å². The van der Waals surface area contributed by atoms with Crippen LogP contribution in [0, 0.1) is 0 Å². The maximum absolute atomic E-state index is 12.1. The molecule has 1 aromatic carbocycles. The predicted molar refractivity (Wildman–Crippen MR) is 73.8 cm³/mol.